The van der Waals surface area contributed by atoms with Gasteiger partial charge in [-0.25, -0.2) is 4.99 Å². The molecule has 0 radical (unpaired) electrons. The number of anilines is 1. The van der Waals surface area contributed by atoms with Gasteiger partial charge in [-0.05, 0) is 61.9 Å². The molecule has 30 heavy (non-hydrogen) atoms. The first-order valence-corrected chi connectivity index (χ1v) is 11.3. The predicted octanol–water partition coefficient (Wildman–Crippen LogP) is 5.02. The molecule has 0 spiro atoms. The van der Waals surface area contributed by atoms with Gasteiger partial charge in [0.2, 0.25) is 11.8 Å². The number of thioether (sulfide) groups is 1. The van der Waals surface area contributed by atoms with E-state index < -0.39 is 5.25 Å². The van der Waals surface area contributed by atoms with E-state index in [1.54, 1.807) is 41.3 Å². The van der Waals surface area contributed by atoms with Crippen LogP contribution in [-0.2, 0) is 9.59 Å². The molecule has 1 aliphatic heterocycles. The summed E-state index contributed by atoms with van der Waals surface area (Å²) in [6, 6.07) is 14.2. The number of benzene rings is 2. The van der Waals surface area contributed by atoms with E-state index in [1.165, 1.54) is 18.7 Å². The molecular weight excluding hydrogens is 466 g/mol. The zero-order chi connectivity index (χ0) is 21.7. The summed E-state index contributed by atoms with van der Waals surface area (Å²) in [5, 5.41) is 2.90. The molecule has 2 aromatic rings. The monoisotopic (exact) mass is 487 g/mol. The Morgan fingerprint density at radius 3 is 2.40 bits per heavy atom. The number of rotatable bonds is 7. The van der Waals surface area contributed by atoms with Crippen molar-refractivity contribution in [3.05, 3.63) is 58.6 Å². The highest BCUT2D eigenvalue weighted by atomic mass is 79.9. The second-order valence-corrected chi connectivity index (χ2v) is 8.94. The number of hydrogen-bond acceptors (Lipinski definition) is 5. The Balaban J connectivity index is 1.72. The van der Waals surface area contributed by atoms with Crippen molar-refractivity contribution in [1.29, 1.82) is 0 Å². The van der Waals surface area contributed by atoms with Gasteiger partial charge in [-0.1, -0.05) is 34.6 Å². The lowest BCUT2D eigenvalue weighted by molar-refractivity contribution is -0.128. The fraction of sp³-hybridized carbons (Fsp3) is 0.273. The molecule has 6 nitrogen and oxygen atoms in total. The molecule has 0 aromatic heterocycles. The summed E-state index contributed by atoms with van der Waals surface area (Å²) in [5.41, 5.74) is 1.96. The maximum absolute atomic E-state index is 12.9. The van der Waals surface area contributed by atoms with Crippen molar-refractivity contribution in [2.75, 3.05) is 11.9 Å². The summed E-state index contributed by atoms with van der Waals surface area (Å²) in [6.45, 7) is 4.05. The van der Waals surface area contributed by atoms with Crippen molar-refractivity contribution in [3.63, 3.8) is 0 Å². The number of carbonyl (C=O) groups excluding carboxylic acids is 3. The number of nitrogens with zero attached hydrogens (tertiary/aromatic N) is 2. The highest BCUT2D eigenvalue weighted by molar-refractivity contribution is 9.10. The van der Waals surface area contributed by atoms with Crippen LogP contribution in [0.4, 0.5) is 11.4 Å². The van der Waals surface area contributed by atoms with E-state index in [0.29, 0.717) is 28.7 Å². The number of Topliss-reactive ketones (excluding diaryl/α,β-unsaturated/α-hetero) is 1. The molecule has 0 saturated carbocycles. The van der Waals surface area contributed by atoms with Gasteiger partial charge < -0.3 is 5.32 Å². The Bertz CT molecular complexity index is 974. The van der Waals surface area contributed by atoms with Crippen LogP contribution >= 0.6 is 27.7 Å². The van der Waals surface area contributed by atoms with E-state index >= 15 is 0 Å². The number of carbonyl (C=O) groups is 3. The van der Waals surface area contributed by atoms with Crippen LogP contribution in [0.2, 0.25) is 0 Å². The minimum atomic E-state index is -0.512. The third kappa shape index (κ3) is 5.58. The largest absolute Gasteiger partial charge is 0.326 e. The summed E-state index contributed by atoms with van der Waals surface area (Å²) in [6.07, 6.45) is 0.856. The Kier molecular flexibility index (Phi) is 7.44. The van der Waals surface area contributed by atoms with Crippen molar-refractivity contribution in [3.8, 4) is 0 Å². The molecule has 1 fully saturated rings. The Hall–Kier alpha value is -2.45. The standard InChI is InChI=1S/C22H22BrN3O3S/c1-3-12-26-21(29)19(13-20(28)24-17-10-6-16(23)7-11-17)30-22(26)25-18-8-4-15(5-9-18)14(2)27/h4-11,19H,3,12-13H2,1-2H3,(H,24,28)/t19-/m0/s1. The molecule has 1 N–H and O–H groups in total. The van der Waals surface area contributed by atoms with Crippen LogP contribution in [0.25, 0.3) is 0 Å². The van der Waals surface area contributed by atoms with E-state index in [2.05, 4.69) is 26.2 Å². The van der Waals surface area contributed by atoms with Crippen LogP contribution in [-0.4, -0.2) is 39.5 Å². The fourth-order valence-electron chi connectivity index (χ4n) is 2.95. The third-order valence-electron chi connectivity index (χ3n) is 4.46. The molecule has 1 heterocycles. The van der Waals surface area contributed by atoms with E-state index in [9.17, 15) is 14.4 Å². The van der Waals surface area contributed by atoms with Crippen LogP contribution in [0.15, 0.2) is 58.0 Å². The average molecular weight is 488 g/mol. The lowest BCUT2D eigenvalue weighted by Crippen LogP contribution is -2.34. The van der Waals surface area contributed by atoms with E-state index in [-0.39, 0.29) is 24.0 Å². The van der Waals surface area contributed by atoms with E-state index in [0.717, 1.165) is 10.9 Å². The summed E-state index contributed by atoms with van der Waals surface area (Å²) < 4.78 is 0.925. The number of nitrogens with one attached hydrogen (secondary N) is 1. The summed E-state index contributed by atoms with van der Waals surface area (Å²) in [4.78, 5) is 43.0. The number of hydrogen-bond donors (Lipinski definition) is 1. The van der Waals surface area contributed by atoms with Crippen LogP contribution in [0, 0.1) is 0 Å². The zero-order valence-electron chi connectivity index (χ0n) is 16.7. The number of amidine groups is 1. The van der Waals surface area contributed by atoms with Crippen molar-refractivity contribution < 1.29 is 14.4 Å². The van der Waals surface area contributed by atoms with Gasteiger partial charge in [-0.2, -0.15) is 0 Å². The van der Waals surface area contributed by atoms with Crippen LogP contribution in [0.5, 0.6) is 0 Å². The molecule has 2 amide bonds. The van der Waals surface area contributed by atoms with Crippen LogP contribution < -0.4 is 5.32 Å². The first-order chi connectivity index (χ1) is 14.4. The zero-order valence-corrected chi connectivity index (χ0v) is 19.1. The molecule has 1 saturated heterocycles. The molecule has 156 valence electrons. The molecule has 3 rings (SSSR count). The average Bonchev–Trinajstić information content (AvgIpc) is 2.99. The number of halogens is 1. The molecule has 0 aliphatic carbocycles. The molecule has 0 bridgehead atoms. The minimum Gasteiger partial charge on any atom is -0.326 e. The van der Waals surface area contributed by atoms with E-state index in [4.69, 9.17) is 0 Å². The van der Waals surface area contributed by atoms with Crippen LogP contribution in [0.3, 0.4) is 0 Å². The second kappa shape index (κ2) is 10.0. The minimum absolute atomic E-state index is 0.0101. The maximum atomic E-state index is 12.9. The molecular formula is C22H22BrN3O3S. The summed E-state index contributed by atoms with van der Waals surface area (Å²) in [5.74, 6) is -0.331. The van der Waals surface area contributed by atoms with Crippen molar-refractivity contribution in [2.45, 2.75) is 31.9 Å². The van der Waals surface area contributed by atoms with Gasteiger partial charge in [0.15, 0.2) is 11.0 Å². The fourth-order valence-corrected chi connectivity index (χ4v) is 4.40. The van der Waals surface area contributed by atoms with Gasteiger partial charge >= 0.3 is 0 Å². The van der Waals surface area contributed by atoms with Gasteiger partial charge in [-0.15, -0.1) is 0 Å². The van der Waals surface area contributed by atoms with Crippen molar-refractivity contribution in [1.82, 2.24) is 4.90 Å². The van der Waals surface area contributed by atoms with Gasteiger partial charge in [0.1, 0.15) is 5.25 Å². The molecule has 2 aromatic carbocycles. The normalized spacial score (nSPS) is 17.4. The topological polar surface area (TPSA) is 78.8 Å². The second-order valence-electron chi connectivity index (χ2n) is 6.85. The van der Waals surface area contributed by atoms with Gasteiger partial charge in [-0.3, -0.25) is 19.3 Å². The Morgan fingerprint density at radius 2 is 1.80 bits per heavy atom. The highest BCUT2D eigenvalue weighted by Crippen LogP contribution is 2.32. The first kappa shape index (κ1) is 22.2. The maximum Gasteiger partial charge on any atom is 0.242 e. The summed E-state index contributed by atoms with van der Waals surface area (Å²) in [7, 11) is 0. The lowest BCUT2D eigenvalue weighted by Gasteiger charge is -2.15. The smallest absolute Gasteiger partial charge is 0.242 e. The quantitative estimate of drug-likeness (QED) is 0.555. The molecule has 0 unspecified atom stereocenters. The van der Waals surface area contributed by atoms with Gasteiger partial charge in [0, 0.05) is 28.7 Å². The number of ketones is 1. The first-order valence-electron chi connectivity index (χ1n) is 9.60. The Morgan fingerprint density at radius 1 is 1.13 bits per heavy atom. The third-order valence-corrected chi connectivity index (χ3v) is 6.17. The molecule has 1 aliphatic rings. The molecule has 1 atom stereocenters. The predicted molar refractivity (Wildman–Crippen MR) is 124 cm³/mol. The Labute approximate surface area is 188 Å². The number of aliphatic imine (C=N–C) groups is 1. The van der Waals surface area contributed by atoms with Gasteiger partial charge in [0.25, 0.3) is 0 Å². The summed E-state index contributed by atoms with van der Waals surface area (Å²) >= 11 is 4.66. The van der Waals surface area contributed by atoms with E-state index in [1.807, 2.05) is 19.1 Å². The van der Waals surface area contributed by atoms with Crippen LogP contribution in [0.1, 0.15) is 37.0 Å². The van der Waals surface area contributed by atoms with Gasteiger partial charge in [0.05, 0.1) is 5.69 Å². The lowest BCUT2D eigenvalue weighted by atomic mass is 10.1. The van der Waals surface area contributed by atoms with Crippen molar-refractivity contribution in [2.24, 2.45) is 4.99 Å². The highest BCUT2D eigenvalue weighted by Gasteiger charge is 2.38. The SMILES string of the molecule is CCCN1C(=O)[C@H](CC(=O)Nc2ccc(Br)cc2)SC1=Nc1ccc(C(C)=O)cc1. The number of amides is 2. The molecule has 8 heteroatoms. The van der Waals surface area contributed by atoms with Crippen molar-refractivity contribution >= 4 is 61.8 Å².